The molecule has 0 spiro atoms. The molecule has 0 aliphatic heterocycles. The lowest BCUT2D eigenvalue weighted by Crippen LogP contribution is -2.01. The molecule has 0 amide bonds. The van der Waals surface area contributed by atoms with Crippen LogP contribution in [0.2, 0.25) is 5.15 Å². The average Bonchev–Trinajstić information content (AvgIpc) is 2.30. The monoisotopic (exact) mass is 250 g/mol. The van der Waals surface area contributed by atoms with Crippen LogP contribution in [0.15, 0.2) is 30.3 Å². The third-order valence-electron chi connectivity index (χ3n) is 2.16. The van der Waals surface area contributed by atoms with Crippen molar-refractivity contribution in [3.63, 3.8) is 0 Å². The van der Waals surface area contributed by atoms with Crippen LogP contribution in [-0.2, 0) is 0 Å². The van der Waals surface area contributed by atoms with Crippen LogP contribution < -0.4 is 0 Å². The summed E-state index contributed by atoms with van der Waals surface area (Å²) in [5.41, 5.74) is 0.504. The smallest absolute Gasteiger partial charge is 0.338 e. The molecule has 2 aromatic rings. The molecule has 0 bridgehead atoms. The molecule has 1 heterocycles. The van der Waals surface area contributed by atoms with Crippen molar-refractivity contribution in [3.8, 4) is 17.0 Å². The molecular weight excluding hydrogens is 244 g/mol. The molecular formula is C11H7ClN2O3. The zero-order valence-corrected chi connectivity index (χ0v) is 9.22. The van der Waals surface area contributed by atoms with Gasteiger partial charge in [0.2, 0.25) is 0 Å². The van der Waals surface area contributed by atoms with Gasteiger partial charge in [-0.25, -0.2) is 4.79 Å². The van der Waals surface area contributed by atoms with Crippen LogP contribution in [0.5, 0.6) is 5.75 Å². The molecule has 1 aromatic carbocycles. The third kappa shape index (κ3) is 2.19. The highest BCUT2D eigenvalue weighted by Gasteiger charge is 2.14. The Morgan fingerprint density at radius 1 is 1.24 bits per heavy atom. The first-order valence-corrected chi connectivity index (χ1v) is 5.02. The number of carboxylic acids is 1. The topological polar surface area (TPSA) is 83.3 Å². The average molecular weight is 251 g/mol. The molecule has 0 unspecified atom stereocenters. The van der Waals surface area contributed by atoms with Crippen LogP contribution in [0.4, 0.5) is 0 Å². The Bertz CT molecular complexity index is 587. The number of nitrogens with zero attached hydrogens (tertiary/aromatic N) is 2. The van der Waals surface area contributed by atoms with Gasteiger partial charge in [-0.15, -0.1) is 10.2 Å². The van der Waals surface area contributed by atoms with Gasteiger partial charge in [-0.3, -0.25) is 0 Å². The molecule has 0 saturated heterocycles. The van der Waals surface area contributed by atoms with Gasteiger partial charge in [-0.1, -0.05) is 23.7 Å². The second-order valence-corrected chi connectivity index (χ2v) is 3.61. The number of carboxylic acid groups (broad SMARTS) is 1. The van der Waals surface area contributed by atoms with Crippen LogP contribution in [0, 0.1) is 0 Å². The van der Waals surface area contributed by atoms with Crippen molar-refractivity contribution in [3.05, 3.63) is 41.0 Å². The van der Waals surface area contributed by atoms with E-state index in [1.165, 1.54) is 12.1 Å². The number of rotatable bonds is 2. The van der Waals surface area contributed by atoms with E-state index in [-0.39, 0.29) is 22.2 Å². The minimum absolute atomic E-state index is 0.000427. The number of hydrogen-bond donors (Lipinski definition) is 2. The molecule has 0 fully saturated rings. The van der Waals surface area contributed by atoms with Gasteiger partial charge in [-0.2, -0.15) is 0 Å². The van der Waals surface area contributed by atoms with Gasteiger partial charge in [0.1, 0.15) is 11.3 Å². The Morgan fingerprint density at radius 2 is 1.94 bits per heavy atom. The summed E-state index contributed by atoms with van der Waals surface area (Å²) >= 11 is 5.60. The number of phenols is 1. The van der Waals surface area contributed by atoms with E-state index >= 15 is 0 Å². The fraction of sp³-hybridized carbons (Fsp3) is 0. The van der Waals surface area contributed by atoms with Gasteiger partial charge < -0.3 is 10.2 Å². The second kappa shape index (κ2) is 4.39. The first kappa shape index (κ1) is 11.3. The molecule has 0 aliphatic carbocycles. The van der Waals surface area contributed by atoms with E-state index in [9.17, 15) is 9.90 Å². The van der Waals surface area contributed by atoms with Crippen molar-refractivity contribution in [2.75, 3.05) is 0 Å². The third-order valence-corrected chi connectivity index (χ3v) is 2.44. The summed E-state index contributed by atoms with van der Waals surface area (Å²) in [5.74, 6) is -1.19. The number of benzene rings is 1. The summed E-state index contributed by atoms with van der Waals surface area (Å²) in [6.45, 7) is 0. The summed E-state index contributed by atoms with van der Waals surface area (Å²) in [6, 6.07) is 7.71. The minimum Gasteiger partial charge on any atom is -0.507 e. The molecule has 86 valence electrons. The van der Waals surface area contributed by atoms with Crippen LogP contribution in [0.25, 0.3) is 11.3 Å². The number of aromatic hydroxyl groups is 1. The van der Waals surface area contributed by atoms with Crippen LogP contribution in [0.3, 0.4) is 0 Å². The van der Waals surface area contributed by atoms with E-state index in [0.29, 0.717) is 5.56 Å². The number of carbonyl (C=O) groups is 1. The van der Waals surface area contributed by atoms with E-state index in [2.05, 4.69) is 10.2 Å². The maximum absolute atomic E-state index is 10.9. The Hall–Kier alpha value is -2.14. The molecule has 6 heteroatoms. The van der Waals surface area contributed by atoms with Crippen molar-refractivity contribution in [1.29, 1.82) is 0 Å². The van der Waals surface area contributed by atoms with E-state index < -0.39 is 5.97 Å². The summed E-state index contributed by atoms with van der Waals surface area (Å²) in [6.07, 6.45) is 0. The first-order chi connectivity index (χ1) is 8.09. The summed E-state index contributed by atoms with van der Waals surface area (Å²) in [5, 5.41) is 25.6. The molecule has 1 aromatic heterocycles. The van der Waals surface area contributed by atoms with Crippen molar-refractivity contribution < 1.29 is 15.0 Å². The fourth-order valence-electron chi connectivity index (χ4n) is 1.35. The zero-order chi connectivity index (χ0) is 12.4. The quantitative estimate of drug-likeness (QED) is 0.854. The fourth-order valence-corrected chi connectivity index (χ4v) is 1.52. The molecule has 5 nitrogen and oxygen atoms in total. The minimum atomic E-state index is -1.19. The molecule has 17 heavy (non-hydrogen) atoms. The van der Waals surface area contributed by atoms with E-state index in [1.54, 1.807) is 18.2 Å². The van der Waals surface area contributed by atoms with Gasteiger partial charge in [0.15, 0.2) is 5.15 Å². The van der Waals surface area contributed by atoms with E-state index in [4.69, 9.17) is 16.7 Å². The molecule has 0 radical (unpaired) electrons. The molecule has 0 saturated carbocycles. The Labute approximate surface area is 101 Å². The lowest BCUT2D eigenvalue weighted by molar-refractivity contribution is 0.0696. The van der Waals surface area contributed by atoms with Gasteiger partial charge in [0, 0.05) is 5.56 Å². The van der Waals surface area contributed by atoms with Gasteiger partial charge in [0.25, 0.3) is 0 Å². The Balaban J connectivity index is 2.58. The first-order valence-electron chi connectivity index (χ1n) is 4.64. The number of aromatic carboxylic acids is 1. The summed E-state index contributed by atoms with van der Waals surface area (Å²) in [4.78, 5) is 10.9. The van der Waals surface area contributed by atoms with Gasteiger partial charge in [-0.05, 0) is 18.2 Å². The summed E-state index contributed by atoms with van der Waals surface area (Å²) in [7, 11) is 0. The lowest BCUT2D eigenvalue weighted by atomic mass is 10.1. The number of hydrogen-bond acceptors (Lipinski definition) is 4. The van der Waals surface area contributed by atoms with E-state index in [1.807, 2.05) is 0 Å². The SMILES string of the molecule is O=C(O)c1cc(-c2ccccc2O)nnc1Cl. The molecule has 0 atom stereocenters. The van der Waals surface area contributed by atoms with Gasteiger partial charge >= 0.3 is 5.97 Å². The number of halogens is 1. The van der Waals surface area contributed by atoms with Crippen molar-refractivity contribution in [2.45, 2.75) is 0 Å². The van der Waals surface area contributed by atoms with Crippen LogP contribution >= 0.6 is 11.6 Å². The van der Waals surface area contributed by atoms with Crippen molar-refractivity contribution >= 4 is 17.6 Å². The number of phenolic OH excluding ortho intramolecular Hbond substituents is 1. The largest absolute Gasteiger partial charge is 0.507 e. The summed E-state index contributed by atoms with van der Waals surface area (Å²) < 4.78 is 0. The molecule has 2 rings (SSSR count). The Morgan fingerprint density at radius 3 is 2.59 bits per heavy atom. The highest BCUT2D eigenvalue weighted by Crippen LogP contribution is 2.28. The number of aromatic nitrogens is 2. The van der Waals surface area contributed by atoms with Crippen LogP contribution in [-0.4, -0.2) is 26.4 Å². The van der Waals surface area contributed by atoms with E-state index in [0.717, 1.165) is 0 Å². The lowest BCUT2D eigenvalue weighted by Gasteiger charge is -2.04. The second-order valence-electron chi connectivity index (χ2n) is 3.26. The number of para-hydroxylation sites is 1. The highest BCUT2D eigenvalue weighted by atomic mass is 35.5. The maximum atomic E-state index is 10.9. The predicted molar refractivity (Wildman–Crippen MR) is 61.1 cm³/mol. The zero-order valence-electron chi connectivity index (χ0n) is 8.46. The highest BCUT2D eigenvalue weighted by molar-refractivity contribution is 6.32. The standard InChI is InChI=1S/C11H7ClN2O3/c12-10-7(11(16)17)5-8(13-14-10)6-3-1-2-4-9(6)15/h1-5,15H,(H,16,17). The Kier molecular flexibility index (Phi) is 2.93. The maximum Gasteiger partial charge on any atom is 0.338 e. The predicted octanol–water partition coefficient (Wildman–Crippen LogP) is 2.20. The van der Waals surface area contributed by atoms with Crippen molar-refractivity contribution in [2.24, 2.45) is 0 Å². The van der Waals surface area contributed by atoms with Crippen LogP contribution in [0.1, 0.15) is 10.4 Å². The van der Waals surface area contributed by atoms with Crippen molar-refractivity contribution in [1.82, 2.24) is 10.2 Å². The van der Waals surface area contributed by atoms with Gasteiger partial charge in [0.05, 0.1) is 5.69 Å². The molecule has 0 aliphatic rings. The molecule has 2 N–H and O–H groups in total. The normalized spacial score (nSPS) is 10.2.